The van der Waals surface area contributed by atoms with E-state index in [4.69, 9.17) is 20.2 Å². The summed E-state index contributed by atoms with van der Waals surface area (Å²) in [6.07, 6.45) is 9.99. The first kappa shape index (κ1) is 45.6. The Balaban J connectivity index is 0.000000221. The van der Waals surface area contributed by atoms with Gasteiger partial charge in [0.15, 0.2) is 0 Å². The van der Waals surface area contributed by atoms with Crippen LogP contribution in [0.3, 0.4) is 0 Å². The summed E-state index contributed by atoms with van der Waals surface area (Å²) >= 11 is 6.91. The smallest absolute Gasteiger partial charge is 0.303 e. The van der Waals surface area contributed by atoms with E-state index in [-0.39, 0.29) is 36.0 Å². The fourth-order valence-electron chi connectivity index (χ4n) is 8.92. The summed E-state index contributed by atoms with van der Waals surface area (Å²) in [7, 11) is 0. The van der Waals surface area contributed by atoms with E-state index >= 15 is 0 Å². The monoisotopic (exact) mass is 926 g/mol. The maximum atomic E-state index is 13.2. The third-order valence-electron chi connectivity index (χ3n) is 11.8. The number of piperidine rings is 2. The number of benzene rings is 2. The number of nitrogens with zero attached hydrogens (tertiary/aromatic N) is 6. The highest BCUT2D eigenvalue weighted by Crippen LogP contribution is 2.33. The predicted molar refractivity (Wildman–Crippen MR) is 236 cm³/mol. The molecule has 0 aliphatic carbocycles. The van der Waals surface area contributed by atoms with Gasteiger partial charge in [-0.3, -0.25) is 38.1 Å². The molecular weight excluding hydrogens is 868 g/mol. The van der Waals surface area contributed by atoms with Gasteiger partial charge in [0.2, 0.25) is 0 Å². The molecule has 12 nitrogen and oxygen atoms in total. The Bertz CT molecular complexity index is 2010. The first-order valence-corrected chi connectivity index (χ1v) is 22.8. The minimum absolute atomic E-state index is 0.00865. The van der Waals surface area contributed by atoms with Crippen molar-refractivity contribution in [1.82, 2.24) is 28.9 Å². The van der Waals surface area contributed by atoms with Crippen molar-refractivity contribution in [2.75, 3.05) is 26.2 Å². The average Bonchev–Trinajstić information content (AvgIpc) is 3.21. The van der Waals surface area contributed by atoms with E-state index in [2.05, 4.69) is 55.5 Å². The van der Waals surface area contributed by atoms with Gasteiger partial charge in [-0.1, -0.05) is 58.5 Å². The Labute approximate surface area is 358 Å². The van der Waals surface area contributed by atoms with Crippen molar-refractivity contribution in [2.45, 2.75) is 130 Å². The highest BCUT2D eigenvalue weighted by Gasteiger charge is 2.31. The first-order valence-electron chi connectivity index (χ1n) is 21.2. The number of rotatable bonds is 16. The molecular formula is C44H60Br2N6O6. The largest absolute Gasteiger partial charge is 0.481 e. The number of carbonyl (C=O) groups is 2. The van der Waals surface area contributed by atoms with Crippen molar-refractivity contribution in [2.24, 2.45) is 11.8 Å². The van der Waals surface area contributed by atoms with Crippen LogP contribution in [0.2, 0.25) is 0 Å². The normalized spacial score (nSPS) is 18.8. The fraction of sp³-hybridized carbons (Fsp3) is 0.591. The Hall–Kier alpha value is -3.46. The van der Waals surface area contributed by atoms with Crippen LogP contribution < -0.4 is 11.1 Å². The molecule has 0 unspecified atom stereocenters. The minimum Gasteiger partial charge on any atom is -0.481 e. The zero-order chi connectivity index (χ0) is 41.9. The number of carboxylic acids is 2. The average molecular weight is 929 g/mol. The zero-order valence-electron chi connectivity index (χ0n) is 34.5. The summed E-state index contributed by atoms with van der Waals surface area (Å²) in [6.45, 7) is 13.1. The van der Waals surface area contributed by atoms with Gasteiger partial charge >= 0.3 is 11.9 Å². The van der Waals surface area contributed by atoms with Crippen LogP contribution in [-0.4, -0.2) is 77.2 Å². The van der Waals surface area contributed by atoms with E-state index in [9.17, 15) is 19.2 Å². The van der Waals surface area contributed by atoms with Gasteiger partial charge in [0.05, 0.1) is 33.9 Å². The predicted octanol–water partition coefficient (Wildman–Crippen LogP) is 9.19. The van der Waals surface area contributed by atoms with Crippen LogP contribution >= 0.6 is 31.9 Å². The quantitative estimate of drug-likeness (QED) is 0.111. The van der Waals surface area contributed by atoms with Gasteiger partial charge in [0.1, 0.15) is 11.6 Å². The molecule has 2 fully saturated rings. The van der Waals surface area contributed by atoms with Crippen LogP contribution in [0.5, 0.6) is 0 Å². The third-order valence-corrected chi connectivity index (χ3v) is 12.7. The molecule has 14 heteroatoms. The molecule has 0 radical (unpaired) electrons. The maximum Gasteiger partial charge on any atom is 0.303 e. The van der Waals surface area contributed by atoms with Crippen LogP contribution in [0.15, 0.2) is 54.9 Å². The number of fused-ring (bicyclic) bond motifs is 2. The van der Waals surface area contributed by atoms with Gasteiger partial charge in [-0.15, -0.1) is 0 Å². The summed E-state index contributed by atoms with van der Waals surface area (Å²) < 4.78 is 5.38. The highest BCUT2D eigenvalue weighted by molar-refractivity contribution is 9.10. The molecule has 2 aromatic carbocycles. The number of aliphatic carboxylic acids is 2. The fourth-order valence-corrected chi connectivity index (χ4v) is 9.65. The molecule has 316 valence electrons. The molecule has 4 heterocycles. The lowest BCUT2D eigenvalue weighted by molar-refractivity contribution is -0.138. The molecule has 2 saturated heterocycles. The summed E-state index contributed by atoms with van der Waals surface area (Å²) in [4.78, 5) is 63.1. The standard InChI is InChI=1S/2C22H30BrN3O3/c2*1-3-6-19(25-12-5-7-15(14-25)8-11-20(27)28)21-24-18-10-9-16(23)13-17(18)22(29)26(21)4-2/h2*9-10,13,15,19H,3-8,11-12,14H2,1-2H3,(H,27,28)/t15-,19+;15-,19-/m00/s1. The van der Waals surface area contributed by atoms with Gasteiger partial charge < -0.3 is 10.2 Å². The van der Waals surface area contributed by atoms with Gasteiger partial charge in [0.25, 0.3) is 11.1 Å². The molecule has 2 N–H and O–H groups in total. The van der Waals surface area contributed by atoms with Gasteiger partial charge in [-0.05, 0) is 127 Å². The van der Waals surface area contributed by atoms with E-state index in [0.717, 1.165) is 109 Å². The van der Waals surface area contributed by atoms with E-state index in [1.54, 1.807) is 0 Å². The van der Waals surface area contributed by atoms with E-state index in [1.165, 1.54) is 0 Å². The lowest BCUT2D eigenvalue weighted by Gasteiger charge is -2.38. The summed E-state index contributed by atoms with van der Waals surface area (Å²) in [5, 5.41) is 19.3. The van der Waals surface area contributed by atoms with Gasteiger partial charge in [0, 0.05) is 48.0 Å². The van der Waals surface area contributed by atoms with Crippen LogP contribution in [0.1, 0.15) is 128 Å². The lowest BCUT2D eigenvalue weighted by Crippen LogP contribution is -2.41. The van der Waals surface area contributed by atoms with Crippen molar-refractivity contribution >= 4 is 65.6 Å². The zero-order valence-corrected chi connectivity index (χ0v) is 37.6. The van der Waals surface area contributed by atoms with Crippen molar-refractivity contribution in [3.8, 4) is 0 Å². The van der Waals surface area contributed by atoms with Crippen LogP contribution in [-0.2, 0) is 22.7 Å². The number of carboxylic acid groups (broad SMARTS) is 2. The maximum absolute atomic E-state index is 13.2. The Morgan fingerprint density at radius 1 is 0.690 bits per heavy atom. The molecule has 58 heavy (non-hydrogen) atoms. The van der Waals surface area contributed by atoms with Crippen LogP contribution in [0.4, 0.5) is 0 Å². The van der Waals surface area contributed by atoms with Crippen LogP contribution in [0.25, 0.3) is 21.8 Å². The molecule has 4 aromatic rings. The second-order valence-corrected chi connectivity index (χ2v) is 17.7. The molecule has 2 aliphatic heterocycles. The highest BCUT2D eigenvalue weighted by atomic mass is 79.9. The number of aromatic nitrogens is 4. The van der Waals surface area contributed by atoms with E-state index < -0.39 is 11.9 Å². The van der Waals surface area contributed by atoms with Crippen LogP contribution in [0, 0.1) is 11.8 Å². The van der Waals surface area contributed by atoms with Crippen molar-refractivity contribution in [3.05, 3.63) is 77.7 Å². The number of hydrogen-bond acceptors (Lipinski definition) is 8. The number of halogens is 2. The molecule has 0 spiro atoms. The summed E-state index contributed by atoms with van der Waals surface area (Å²) in [5.41, 5.74) is 1.49. The molecule has 2 aromatic heterocycles. The summed E-state index contributed by atoms with van der Waals surface area (Å²) in [6, 6.07) is 11.5. The molecule has 0 bridgehead atoms. The second kappa shape index (κ2) is 21.7. The third kappa shape index (κ3) is 11.4. The lowest BCUT2D eigenvalue weighted by atomic mass is 9.91. The van der Waals surface area contributed by atoms with Crippen molar-refractivity contribution < 1.29 is 19.8 Å². The molecule has 0 saturated carbocycles. The Morgan fingerprint density at radius 2 is 1.09 bits per heavy atom. The SMILES string of the molecule is CCC[C@@H](c1nc2ccc(Br)cc2c(=O)n1CC)N1CCC[C@@H](CCC(=O)O)C1.CCC[C@H](c1nc2ccc(Br)cc2c(=O)n1CC)N1CCC[C@@H](CCC(=O)O)C1. The molecule has 2 aliphatic rings. The van der Waals surface area contributed by atoms with E-state index in [1.807, 2.05) is 59.4 Å². The van der Waals surface area contributed by atoms with Crippen molar-refractivity contribution in [3.63, 3.8) is 0 Å². The molecule has 0 amide bonds. The number of hydrogen-bond donors (Lipinski definition) is 2. The van der Waals surface area contributed by atoms with Gasteiger partial charge in [-0.2, -0.15) is 0 Å². The first-order chi connectivity index (χ1) is 27.9. The molecule has 4 atom stereocenters. The summed E-state index contributed by atoms with van der Waals surface area (Å²) in [5.74, 6) is 1.000. The molecule has 6 rings (SSSR count). The van der Waals surface area contributed by atoms with Gasteiger partial charge in [-0.25, -0.2) is 9.97 Å². The Morgan fingerprint density at radius 3 is 1.43 bits per heavy atom. The van der Waals surface area contributed by atoms with Crippen molar-refractivity contribution in [1.29, 1.82) is 0 Å². The minimum atomic E-state index is -0.727. The number of likely N-dealkylation sites (tertiary alicyclic amines) is 2. The van der Waals surface area contributed by atoms with E-state index in [0.29, 0.717) is 48.5 Å². The second-order valence-electron chi connectivity index (χ2n) is 15.8. The Kier molecular flexibility index (Phi) is 17.1. The topological polar surface area (TPSA) is 151 Å².